The van der Waals surface area contributed by atoms with E-state index in [1.54, 1.807) is 61.0 Å². The lowest BCUT2D eigenvalue weighted by Gasteiger charge is -2.28. The molecule has 15 nitrogen and oxygen atoms in total. The van der Waals surface area contributed by atoms with Gasteiger partial charge in [0.05, 0.1) is 30.2 Å². The van der Waals surface area contributed by atoms with Crippen LogP contribution >= 0.6 is 0 Å². The minimum absolute atomic E-state index is 0.0400. The van der Waals surface area contributed by atoms with Crippen LogP contribution in [0.4, 0.5) is 41.1 Å². The number of carboxylic acid groups (broad SMARTS) is 1. The number of ether oxygens (including phenoxy) is 2. The van der Waals surface area contributed by atoms with Crippen molar-refractivity contribution in [3.05, 3.63) is 217 Å². The van der Waals surface area contributed by atoms with Gasteiger partial charge in [0.2, 0.25) is 0 Å². The molecule has 85 heavy (non-hydrogen) atoms. The molecule has 0 saturated carbocycles. The fraction of sp³-hybridized carbons (Fsp3) is 0.176. The topological polar surface area (TPSA) is 184 Å². The summed E-state index contributed by atoms with van der Waals surface area (Å²) in [4.78, 5) is 59.7. The van der Waals surface area contributed by atoms with E-state index in [1.807, 2.05) is 146 Å². The highest BCUT2D eigenvalue weighted by Crippen LogP contribution is 2.43. The number of carbonyl (C=O) groups is 4. The van der Waals surface area contributed by atoms with Crippen LogP contribution in [0.2, 0.25) is 0 Å². The van der Waals surface area contributed by atoms with Crippen molar-refractivity contribution >= 4 is 68.8 Å². The summed E-state index contributed by atoms with van der Waals surface area (Å²) in [6.07, 6.45) is -1.03. The fourth-order valence-electron chi connectivity index (χ4n) is 9.73. The smallest absolute Gasteiger partial charge is 0.414 e. The van der Waals surface area contributed by atoms with E-state index in [0.717, 1.165) is 28.1 Å². The second kappa shape index (κ2) is 28.6. The number of carboxylic acids is 1. The van der Waals surface area contributed by atoms with E-state index in [4.69, 9.17) is 18.3 Å². The first-order chi connectivity index (χ1) is 41.3. The summed E-state index contributed by atoms with van der Waals surface area (Å²) in [5, 5.41) is 13.8. The van der Waals surface area contributed by atoms with Gasteiger partial charge in [-0.3, -0.25) is 14.6 Å². The van der Waals surface area contributed by atoms with Crippen molar-refractivity contribution in [3.63, 3.8) is 0 Å². The molecule has 0 unspecified atom stereocenters. The molecule has 4 N–H and O–H groups in total. The number of aromatic carboxylic acids is 1. The number of nitrogens with one attached hydrogen (secondary N) is 1. The molecule has 0 radical (unpaired) electrons. The summed E-state index contributed by atoms with van der Waals surface area (Å²) in [5.41, 5.74) is 12.6. The predicted molar refractivity (Wildman–Crippen MR) is 333 cm³/mol. The van der Waals surface area contributed by atoms with Crippen molar-refractivity contribution in [1.82, 2.24) is 5.32 Å². The monoisotopic (exact) mass is 1150 g/mol. The Labute approximate surface area is 492 Å². The van der Waals surface area contributed by atoms with Gasteiger partial charge >= 0.3 is 18.2 Å². The molecular formula is C68H66F2N6O9. The van der Waals surface area contributed by atoms with E-state index in [-0.39, 0.29) is 42.6 Å². The summed E-state index contributed by atoms with van der Waals surface area (Å²) in [5.74, 6) is -1.94. The van der Waals surface area contributed by atoms with Gasteiger partial charge in [0.25, 0.3) is 5.91 Å². The highest BCUT2D eigenvalue weighted by atomic mass is 19.1. The molecule has 17 heteroatoms. The number of furan rings is 2. The van der Waals surface area contributed by atoms with E-state index in [1.165, 1.54) is 43.4 Å². The Morgan fingerprint density at radius 2 is 0.847 bits per heavy atom. The van der Waals surface area contributed by atoms with Gasteiger partial charge in [0.1, 0.15) is 39.9 Å². The lowest BCUT2D eigenvalue weighted by atomic mass is 9.98. The number of fused-ring (bicyclic) bond motifs is 2. The van der Waals surface area contributed by atoms with Gasteiger partial charge in [-0.15, -0.1) is 0 Å². The number of hydrogen-bond donors (Lipinski definition) is 3. The zero-order valence-corrected chi connectivity index (χ0v) is 48.1. The lowest BCUT2D eigenvalue weighted by molar-refractivity contribution is 0.0698. The molecule has 2 heterocycles. The van der Waals surface area contributed by atoms with Crippen LogP contribution in [-0.2, 0) is 9.47 Å². The largest absolute Gasteiger partial charge is 0.478 e. The Morgan fingerprint density at radius 1 is 0.494 bits per heavy atom. The van der Waals surface area contributed by atoms with Crippen LogP contribution in [0.15, 0.2) is 203 Å². The molecule has 10 aromatic rings. The highest BCUT2D eigenvalue weighted by molar-refractivity contribution is 6.14. The summed E-state index contributed by atoms with van der Waals surface area (Å²) < 4.78 is 50.7. The molecule has 0 aliphatic heterocycles. The maximum Gasteiger partial charge on any atom is 0.414 e. The third-order valence-corrected chi connectivity index (χ3v) is 13.9. The van der Waals surface area contributed by atoms with Crippen molar-refractivity contribution in [1.29, 1.82) is 0 Å². The number of nitrogens with two attached hydrogens (primary N) is 1. The van der Waals surface area contributed by atoms with Gasteiger partial charge < -0.3 is 44.3 Å². The van der Waals surface area contributed by atoms with Crippen LogP contribution in [0, 0.1) is 11.6 Å². The van der Waals surface area contributed by atoms with Crippen LogP contribution < -0.4 is 30.7 Å². The van der Waals surface area contributed by atoms with Crippen LogP contribution in [0.25, 0.3) is 66.8 Å². The number of anilines is 4. The number of hydrogen-bond acceptors (Lipinski definition) is 11. The molecule has 0 spiro atoms. The zero-order chi connectivity index (χ0) is 60.6. The number of carbonyl (C=O) groups excluding carboxylic acids is 3. The molecule has 0 bridgehead atoms. The van der Waals surface area contributed by atoms with Crippen molar-refractivity contribution in [3.8, 4) is 44.9 Å². The summed E-state index contributed by atoms with van der Waals surface area (Å²) in [7, 11) is 6.96. The third kappa shape index (κ3) is 14.2. The minimum atomic E-state index is -1.18. The second-order valence-electron chi connectivity index (χ2n) is 19.2. The Hall–Kier alpha value is -10.3. The molecule has 8 aromatic carbocycles. The summed E-state index contributed by atoms with van der Waals surface area (Å²) in [6, 6.07) is 57.1. The maximum atomic E-state index is 13.7. The van der Waals surface area contributed by atoms with E-state index in [0.29, 0.717) is 75.4 Å². The first-order valence-electron chi connectivity index (χ1n) is 27.6. The predicted octanol–water partition coefficient (Wildman–Crippen LogP) is 14.6. The summed E-state index contributed by atoms with van der Waals surface area (Å²) in [6.45, 7) is 5.54. The molecule has 436 valence electrons. The van der Waals surface area contributed by atoms with E-state index < -0.39 is 29.8 Å². The molecular weight excluding hydrogens is 1080 g/mol. The van der Waals surface area contributed by atoms with Crippen LogP contribution in [0.1, 0.15) is 34.6 Å². The molecule has 10 rings (SSSR count). The number of amides is 3. The zero-order valence-electron chi connectivity index (χ0n) is 48.1. The molecule has 0 atom stereocenters. The number of para-hydroxylation sites is 2. The van der Waals surface area contributed by atoms with Gasteiger partial charge in [-0.05, 0) is 117 Å². The normalized spacial score (nSPS) is 10.7. The number of benzene rings is 8. The quantitative estimate of drug-likeness (QED) is 0.0740. The van der Waals surface area contributed by atoms with E-state index in [2.05, 4.69) is 16.0 Å². The minimum Gasteiger partial charge on any atom is -0.478 e. The summed E-state index contributed by atoms with van der Waals surface area (Å²) >= 11 is 0. The first-order valence-corrected chi connectivity index (χ1v) is 27.6. The van der Waals surface area contributed by atoms with Crippen LogP contribution in [0.3, 0.4) is 0 Å². The van der Waals surface area contributed by atoms with E-state index in [9.17, 15) is 33.1 Å². The van der Waals surface area contributed by atoms with Gasteiger partial charge in [-0.2, -0.15) is 0 Å². The Kier molecular flexibility index (Phi) is 20.5. The van der Waals surface area contributed by atoms with Crippen LogP contribution in [0.5, 0.6) is 0 Å². The Bertz CT molecular complexity index is 3860. The molecule has 0 saturated heterocycles. The van der Waals surface area contributed by atoms with Crippen molar-refractivity contribution < 1.29 is 51.4 Å². The van der Waals surface area contributed by atoms with Crippen LogP contribution in [-0.4, -0.2) is 96.8 Å². The highest BCUT2D eigenvalue weighted by Gasteiger charge is 2.30. The number of likely N-dealkylation sites (N-methyl/N-ethyl adjacent to an activating group) is 2. The standard InChI is InChI=1S/C34H32FN3O4.C33H29FN2O5.CH5N/c1-4-41-34(40)38(20-19-37(3)26-13-9-6-10-14-26)29-22-30-28(21-27(29)23-11-7-5-8-12-23)31(33(39)36-2)32(42-30)24-15-17-25(35)18-16-24;1-3-40-33(39)36(19-18-35(2)25-12-8-5-9-13-25)28-21-29-27(20-26(28)22-10-6-4-7-11-22)30(32(37)38)31(41-29)23-14-16-24(34)17-15-23;1-2/h5-18,21-22H,4,19-20H2,1-3H3,(H,36,39);4-17,20-21H,3,18-19H2,1-2H3,(H,37,38);2H2,1H3. The van der Waals surface area contributed by atoms with Gasteiger partial charge in [0, 0.05) is 104 Å². The Balaban J connectivity index is 0.000000215. The number of nitrogens with zero attached hydrogens (tertiary/aromatic N) is 4. The van der Waals surface area contributed by atoms with Crippen molar-refractivity contribution in [2.75, 3.05) is 87.2 Å². The molecule has 0 aliphatic carbocycles. The lowest BCUT2D eigenvalue weighted by Crippen LogP contribution is -2.38. The van der Waals surface area contributed by atoms with Gasteiger partial charge in [0.15, 0.2) is 0 Å². The van der Waals surface area contributed by atoms with Gasteiger partial charge in [-0.25, -0.2) is 23.2 Å². The molecule has 2 aromatic heterocycles. The molecule has 0 fully saturated rings. The SMILES string of the molecule is CCOC(=O)N(CCN(C)c1ccccc1)c1cc2oc(-c3ccc(F)cc3)c(C(=O)NC)c2cc1-c1ccccc1.CCOC(=O)N(CCN(C)c1ccccc1)c1cc2oc(-c3ccc(F)cc3)c(C(=O)O)c2cc1-c1ccccc1.CN. The first kappa shape index (κ1) is 60.8. The molecule has 0 aliphatic rings. The number of halogens is 2. The van der Waals surface area contributed by atoms with Crippen molar-refractivity contribution in [2.45, 2.75) is 13.8 Å². The fourth-order valence-corrected chi connectivity index (χ4v) is 9.73. The van der Waals surface area contributed by atoms with E-state index >= 15 is 0 Å². The maximum absolute atomic E-state index is 13.7. The average molecular weight is 1150 g/mol. The second-order valence-corrected chi connectivity index (χ2v) is 19.2. The van der Waals surface area contributed by atoms with Gasteiger partial charge in [-0.1, -0.05) is 97.1 Å². The molecule has 3 amide bonds. The Morgan fingerprint density at radius 3 is 1.20 bits per heavy atom. The number of rotatable bonds is 18. The average Bonchev–Trinajstić information content (AvgIpc) is 1.84. The van der Waals surface area contributed by atoms with Crippen molar-refractivity contribution in [2.24, 2.45) is 5.73 Å². The third-order valence-electron chi connectivity index (χ3n) is 13.9.